The number of carbonyl (C=O) groups excluding carboxylic acids is 4. The molecular formula is C20H19N3O6. The van der Waals surface area contributed by atoms with Crippen LogP contribution in [0.15, 0.2) is 48.5 Å². The fourth-order valence-electron chi connectivity index (χ4n) is 2.74. The molecule has 4 amide bonds. The average molecular weight is 397 g/mol. The Hall–Kier alpha value is -3.88. The first-order valence-corrected chi connectivity index (χ1v) is 8.69. The van der Waals surface area contributed by atoms with Gasteiger partial charge in [-0.2, -0.15) is 0 Å². The number of urea groups is 1. The quantitative estimate of drug-likeness (QED) is 0.587. The summed E-state index contributed by atoms with van der Waals surface area (Å²) in [5, 5.41) is 2.50. The SMILES string of the molecule is CNC(=O)c1ccc(N2CC(=O)N(COC(=O)c3ccc(OC)cc3)C2=O)cc1. The molecule has 0 aromatic heterocycles. The van der Waals surface area contributed by atoms with Crippen LogP contribution in [0.2, 0.25) is 0 Å². The number of benzene rings is 2. The van der Waals surface area contributed by atoms with Gasteiger partial charge in [-0.1, -0.05) is 0 Å². The topological polar surface area (TPSA) is 105 Å². The Morgan fingerprint density at radius 1 is 1.00 bits per heavy atom. The number of methoxy groups -OCH3 is 1. The Morgan fingerprint density at radius 3 is 2.21 bits per heavy atom. The minimum absolute atomic E-state index is 0.182. The molecule has 2 aromatic carbocycles. The predicted molar refractivity (Wildman–Crippen MR) is 103 cm³/mol. The summed E-state index contributed by atoms with van der Waals surface area (Å²) in [6.07, 6.45) is 0. The summed E-state index contributed by atoms with van der Waals surface area (Å²) in [7, 11) is 3.03. The van der Waals surface area contributed by atoms with Crippen LogP contribution >= 0.6 is 0 Å². The van der Waals surface area contributed by atoms with E-state index in [4.69, 9.17) is 9.47 Å². The van der Waals surface area contributed by atoms with Gasteiger partial charge in [0, 0.05) is 18.3 Å². The molecule has 1 heterocycles. The van der Waals surface area contributed by atoms with Gasteiger partial charge in [-0.25, -0.2) is 14.5 Å². The van der Waals surface area contributed by atoms with Gasteiger partial charge in [-0.15, -0.1) is 0 Å². The first-order valence-electron chi connectivity index (χ1n) is 8.69. The number of hydrogen-bond donors (Lipinski definition) is 1. The van der Waals surface area contributed by atoms with E-state index in [1.54, 1.807) is 36.4 Å². The molecule has 1 N–H and O–H groups in total. The highest BCUT2D eigenvalue weighted by atomic mass is 16.5. The van der Waals surface area contributed by atoms with Crippen LogP contribution < -0.4 is 15.0 Å². The van der Waals surface area contributed by atoms with Crippen molar-refractivity contribution in [3.63, 3.8) is 0 Å². The van der Waals surface area contributed by atoms with E-state index in [1.807, 2.05) is 0 Å². The normalized spacial score (nSPS) is 13.4. The second-order valence-corrected chi connectivity index (χ2v) is 6.11. The van der Waals surface area contributed by atoms with Crippen LogP contribution in [-0.4, -0.2) is 56.1 Å². The van der Waals surface area contributed by atoms with Gasteiger partial charge in [0.2, 0.25) is 0 Å². The summed E-state index contributed by atoms with van der Waals surface area (Å²) >= 11 is 0. The van der Waals surface area contributed by atoms with Crippen LogP contribution in [0.1, 0.15) is 20.7 Å². The summed E-state index contributed by atoms with van der Waals surface area (Å²) in [6, 6.07) is 11.9. The standard InChI is InChI=1S/C20H19N3O6/c1-21-18(25)13-3-7-15(8-4-13)22-11-17(24)23(20(22)27)12-29-19(26)14-5-9-16(28-2)10-6-14/h3-10H,11-12H2,1-2H3,(H,21,25). The Kier molecular flexibility index (Phi) is 5.77. The maximum absolute atomic E-state index is 12.6. The number of anilines is 1. The fourth-order valence-corrected chi connectivity index (χ4v) is 2.74. The van der Waals surface area contributed by atoms with Crippen LogP contribution in [0.3, 0.4) is 0 Å². The summed E-state index contributed by atoms with van der Waals surface area (Å²) in [4.78, 5) is 50.6. The molecule has 1 aliphatic heterocycles. The van der Waals surface area contributed by atoms with E-state index in [-0.39, 0.29) is 18.0 Å². The van der Waals surface area contributed by atoms with E-state index < -0.39 is 24.6 Å². The van der Waals surface area contributed by atoms with Crippen molar-refractivity contribution >= 4 is 29.5 Å². The monoisotopic (exact) mass is 397 g/mol. The van der Waals surface area contributed by atoms with Crippen LogP contribution in [-0.2, 0) is 9.53 Å². The molecule has 1 fully saturated rings. The first kappa shape index (κ1) is 19.9. The maximum atomic E-state index is 12.6. The molecule has 0 aliphatic carbocycles. The smallest absolute Gasteiger partial charge is 0.339 e. The average Bonchev–Trinajstić information content (AvgIpc) is 3.05. The van der Waals surface area contributed by atoms with Gasteiger partial charge in [0.15, 0.2) is 6.73 Å². The highest BCUT2D eigenvalue weighted by molar-refractivity contribution is 6.12. The largest absolute Gasteiger partial charge is 0.497 e. The molecule has 150 valence electrons. The lowest BCUT2D eigenvalue weighted by Crippen LogP contribution is -2.35. The molecule has 0 spiro atoms. The third-order valence-corrected chi connectivity index (χ3v) is 4.37. The lowest BCUT2D eigenvalue weighted by molar-refractivity contribution is -0.127. The lowest BCUT2D eigenvalue weighted by atomic mass is 10.2. The number of ether oxygens (including phenoxy) is 2. The fraction of sp³-hybridized carbons (Fsp3) is 0.200. The van der Waals surface area contributed by atoms with Gasteiger partial charge in [-0.3, -0.25) is 14.5 Å². The number of rotatable bonds is 6. The number of esters is 1. The van der Waals surface area contributed by atoms with E-state index in [0.29, 0.717) is 17.0 Å². The number of carbonyl (C=O) groups is 4. The van der Waals surface area contributed by atoms with Crippen molar-refractivity contribution in [3.05, 3.63) is 59.7 Å². The highest BCUT2D eigenvalue weighted by Crippen LogP contribution is 2.22. The van der Waals surface area contributed by atoms with E-state index in [0.717, 1.165) is 4.90 Å². The summed E-state index contributed by atoms with van der Waals surface area (Å²) < 4.78 is 10.1. The van der Waals surface area contributed by atoms with Crippen LogP contribution in [0.5, 0.6) is 5.75 Å². The third-order valence-electron chi connectivity index (χ3n) is 4.37. The Labute approximate surface area is 166 Å². The molecule has 0 radical (unpaired) electrons. The van der Waals surface area contributed by atoms with Gasteiger partial charge in [0.25, 0.3) is 11.8 Å². The molecule has 3 rings (SSSR count). The zero-order valence-electron chi connectivity index (χ0n) is 15.9. The predicted octanol–water partition coefficient (Wildman–Crippen LogP) is 1.64. The number of amides is 4. The Morgan fingerprint density at radius 2 is 1.62 bits per heavy atom. The van der Waals surface area contributed by atoms with Crippen molar-refractivity contribution < 1.29 is 28.7 Å². The number of nitrogens with zero attached hydrogens (tertiary/aromatic N) is 2. The molecule has 1 saturated heterocycles. The minimum atomic E-state index is -0.665. The van der Waals surface area contributed by atoms with Crippen molar-refractivity contribution in [1.29, 1.82) is 0 Å². The molecule has 9 heteroatoms. The van der Waals surface area contributed by atoms with E-state index in [1.165, 1.54) is 31.2 Å². The molecule has 0 bridgehead atoms. The van der Waals surface area contributed by atoms with E-state index >= 15 is 0 Å². The van der Waals surface area contributed by atoms with Crippen molar-refractivity contribution in [2.75, 3.05) is 32.3 Å². The number of imide groups is 1. The van der Waals surface area contributed by atoms with Gasteiger partial charge in [-0.05, 0) is 48.5 Å². The minimum Gasteiger partial charge on any atom is -0.497 e. The maximum Gasteiger partial charge on any atom is 0.339 e. The van der Waals surface area contributed by atoms with Gasteiger partial charge in [0.05, 0.1) is 12.7 Å². The summed E-state index contributed by atoms with van der Waals surface area (Å²) in [5.41, 5.74) is 1.16. The molecule has 1 aliphatic rings. The van der Waals surface area contributed by atoms with E-state index in [2.05, 4.69) is 5.32 Å². The zero-order chi connectivity index (χ0) is 21.0. The molecule has 0 atom stereocenters. The highest BCUT2D eigenvalue weighted by Gasteiger charge is 2.37. The second-order valence-electron chi connectivity index (χ2n) is 6.11. The first-order chi connectivity index (χ1) is 13.9. The van der Waals surface area contributed by atoms with Gasteiger partial charge >= 0.3 is 12.0 Å². The van der Waals surface area contributed by atoms with Crippen LogP contribution in [0, 0.1) is 0 Å². The number of hydrogen-bond acceptors (Lipinski definition) is 6. The van der Waals surface area contributed by atoms with Gasteiger partial charge in [0.1, 0.15) is 12.3 Å². The summed E-state index contributed by atoms with van der Waals surface area (Å²) in [5.74, 6) is -0.827. The van der Waals surface area contributed by atoms with Crippen molar-refractivity contribution in [2.24, 2.45) is 0 Å². The zero-order valence-corrected chi connectivity index (χ0v) is 15.9. The molecule has 0 unspecified atom stereocenters. The molecule has 2 aromatic rings. The van der Waals surface area contributed by atoms with E-state index in [9.17, 15) is 19.2 Å². The Balaban J connectivity index is 1.64. The van der Waals surface area contributed by atoms with Crippen LogP contribution in [0.4, 0.5) is 10.5 Å². The van der Waals surface area contributed by atoms with Crippen molar-refractivity contribution in [1.82, 2.24) is 10.2 Å². The van der Waals surface area contributed by atoms with Crippen molar-refractivity contribution in [3.8, 4) is 5.75 Å². The van der Waals surface area contributed by atoms with Crippen molar-refractivity contribution in [2.45, 2.75) is 0 Å². The third kappa shape index (κ3) is 4.18. The van der Waals surface area contributed by atoms with Crippen LogP contribution in [0.25, 0.3) is 0 Å². The molecular weight excluding hydrogens is 378 g/mol. The molecule has 29 heavy (non-hydrogen) atoms. The number of nitrogens with one attached hydrogen (secondary N) is 1. The molecule has 0 saturated carbocycles. The Bertz CT molecular complexity index is 940. The second kappa shape index (κ2) is 8.42. The lowest BCUT2D eigenvalue weighted by Gasteiger charge is -2.17. The van der Waals surface area contributed by atoms with Gasteiger partial charge < -0.3 is 14.8 Å². The molecule has 9 nitrogen and oxygen atoms in total. The summed E-state index contributed by atoms with van der Waals surface area (Å²) in [6.45, 7) is -0.673.